The summed E-state index contributed by atoms with van der Waals surface area (Å²) < 4.78 is 11.8. The van der Waals surface area contributed by atoms with E-state index in [1.807, 2.05) is 12.1 Å². The minimum atomic E-state index is -2.04. The van der Waals surface area contributed by atoms with E-state index in [1.54, 1.807) is 43.5 Å². The molecule has 0 fully saturated rings. The first-order chi connectivity index (χ1) is 13.0. The van der Waals surface area contributed by atoms with Crippen molar-refractivity contribution < 1.29 is 18.8 Å². The number of methoxy groups -OCH3 is 1. The Hall–Kier alpha value is -2.66. The molecule has 0 radical (unpaired) electrons. The van der Waals surface area contributed by atoms with Crippen LogP contribution in [0.4, 0.5) is 0 Å². The number of fused-ring (bicyclic) bond motifs is 1. The van der Waals surface area contributed by atoms with E-state index in [4.69, 9.17) is 9.16 Å². The lowest BCUT2D eigenvalue weighted by Crippen LogP contribution is -2.43. The lowest BCUT2D eigenvalue weighted by molar-refractivity contribution is 0.0990. The van der Waals surface area contributed by atoms with Crippen LogP contribution < -0.4 is 9.16 Å². The molecule has 1 aliphatic carbocycles. The largest absolute Gasteiger partial charge is 0.543 e. The second kappa shape index (κ2) is 7.06. The van der Waals surface area contributed by atoms with Gasteiger partial charge < -0.3 is 9.16 Å². The SMILES string of the molecule is COc1cc(C=C2C(=O)c3ccccc3C2=O)cc(O[Si](C)(C)C(C)(C)C)c1. The quantitative estimate of drug-likeness (QED) is 0.388. The van der Waals surface area contributed by atoms with Crippen molar-refractivity contribution in [3.05, 3.63) is 64.7 Å². The van der Waals surface area contributed by atoms with Gasteiger partial charge in [-0.25, -0.2) is 0 Å². The minimum Gasteiger partial charge on any atom is -0.543 e. The monoisotopic (exact) mass is 394 g/mol. The second-order valence-electron chi connectivity index (χ2n) is 8.57. The van der Waals surface area contributed by atoms with Crippen LogP contribution in [0, 0.1) is 0 Å². The van der Waals surface area contributed by atoms with Gasteiger partial charge in [-0.15, -0.1) is 0 Å². The summed E-state index contributed by atoms with van der Waals surface area (Å²) in [6, 6.07) is 12.4. The summed E-state index contributed by atoms with van der Waals surface area (Å²) >= 11 is 0. The van der Waals surface area contributed by atoms with E-state index in [0.29, 0.717) is 28.2 Å². The van der Waals surface area contributed by atoms with Gasteiger partial charge in [-0.3, -0.25) is 9.59 Å². The van der Waals surface area contributed by atoms with Crippen molar-refractivity contribution >= 4 is 26.0 Å². The fourth-order valence-corrected chi connectivity index (χ4v) is 3.89. The zero-order chi connectivity index (χ0) is 20.7. The molecule has 4 nitrogen and oxygen atoms in total. The number of Topliss-reactive ketones (excluding diaryl/α,β-unsaturated/α-hetero) is 2. The molecular weight excluding hydrogens is 368 g/mol. The lowest BCUT2D eigenvalue weighted by atomic mass is 10.1. The molecule has 0 aromatic heterocycles. The average molecular weight is 395 g/mol. The van der Waals surface area contributed by atoms with Crippen molar-refractivity contribution in [2.24, 2.45) is 0 Å². The fraction of sp³-hybridized carbons (Fsp3) is 0.304. The zero-order valence-electron chi connectivity index (χ0n) is 17.3. The summed E-state index contributed by atoms with van der Waals surface area (Å²) in [6.07, 6.45) is 1.63. The maximum Gasteiger partial charge on any atom is 0.250 e. The molecule has 0 N–H and O–H groups in total. The van der Waals surface area contributed by atoms with Crippen LogP contribution in [0.3, 0.4) is 0 Å². The molecule has 2 aromatic rings. The van der Waals surface area contributed by atoms with Crippen molar-refractivity contribution in [3.63, 3.8) is 0 Å². The third-order valence-electron chi connectivity index (χ3n) is 5.53. The van der Waals surface area contributed by atoms with Gasteiger partial charge in [-0.05, 0) is 41.9 Å². The van der Waals surface area contributed by atoms with Crippen molar-refractivity contribution in [2.45, 2.75) is 38.9 Å². The summed E-state index contributed by atoms with van der Waals surface area (Å²) in [5, 5.41) is 0.0493. The molecule has 1 aliphatic rings. The summed E-state index contributed by atoms with van der Waals surface area (Å²) in [7, 11) is -0.450. The molecule has 0 unspecified atom stereocenters. The summed E-state index contributed by atoms with van der Waals surface area (Å²) in [5.41, 5.74) is 1.80. The van der Waals surface area contributed by atoms with Gasteiger partial charge in [0.15, 0.2) is 11.6 Å². The molecule has 5 heteroatoms. The molecule has 0 saturated heterocycles. The summed E-state index contributed by atoms with van der Waals surface area (Å²) in [6.45, 7) is 10.9. The first kappa shape index (κ1) is 20.1. The number of carbonyl (C=O) groups is 2. The topological polar surface area (TPSA) is 52.6 Å². The van der Waals surface area contributed by atoms with Gasteiger partial charge in [0.25, 0.3) is 0 Å². The van der Waals surface area contributed by atoms with E-state index < -0.39 is 8.32 Å². The zero-order valence-corrected chi connectivity index (χ0v) is 18.3. The van der Waals surface area contributed by atoms with Crippen LogP contribution in [0.5, 0.6) is 11.5 Å². The van der Waals surface area contributed by atoms with Crippen LogP contribution in [0.1, 0.15) is 47.1 Å². The maximum absolute atomic E-state index is 12.7. The third-order valence-corrected chi connectivity index (χ3v) is 9.89. The smallest absolute Gasteiger partial charge is 0.250 e. The van der Waals surface area contributed by atoms with Gasteiger partial charge >= 0.3 is 0 Å². The maximum atomic E-state index is 12.7. The van der Waals surface area contributed by atoms with Gasteiger partial charge in [0, 0.05) is 17.2 Å². The molecule has 0 aliphatic heterocycles. The minimum absolute atomic E-state index is 0.0493. The Labute approximate surface area is 167 Å². The molecular formula is C23H26O4Si. The highest BCUT2D eigenvalue weighted by molar-refractivity contribution is 6.74. The number of hydrogen-bond donors (Lipinski definition) is 0. The van der Waals surface area contributed by atoms with E-state index in [1.165, 1.54) is 0 Å². The summed E-state index contributed by atoms with van der Waals surface area (Å²) in [4.78, 5) is 25.3. The Morgan fingerprint density at radius 1 is 0.893 bits per heavy atom. The molecule has 0 bridgehead atoms. The molecule has 3 rings (SSSR count). The summed E-state index contributed by atoms with van der Waals surface area (Å²) in [5.74, 6) is 0.831. The Morgan fingerprint density at radius 2 is 1.43 bits per heavy atom. The number of rotatable bonds is 4. The molecule has 0 spiro atoms. The first-order valence-electron chi connectivity index (χ1n) is 9.32. The number of carbonyl (C=O) groups excluding carboxylic acids is 2. The number of ether oxygens (including phenoxy) is 1. The van der Waals surface area contributed by atoms with Crippen molar-refractivity contribution in [1.29, 1.82) is 0 Å². The lowest BCUT2D eigenvalue weighted by Gasteiger charge is -2.36. The number of allylic oxidation sites excluding steroid dienone is 1. The van der Waals surface area contributed by atoms with Gasteiger partial charge in [-0.2, -0.15) is 0 Å². The van der Waals surface area contributed by atoms with Gasteiger partial charge in [0.05, 0.1) is 12.7 Å². The van der Waals surface area contributed by atoms with Crippen molar-refractivity contribution in [3.8, 4) is 11.5 Å². The van der Waals surface area contributed by atoms with Gasteiger partial charge in [-0.1, -0.05) is 45.0 Å². The van der Waals surface area contributed by atoms with Crippen LogP contribution in [0.2, 0.25) is 18.1 Å². The Kier molecular flexibility index (Phi) is 5.06. The molecule has 28 heavy (non-hydrogen) atoms. The highest BCUT2D eigenvalue weighted by Gasteiger charge is 2.39. The van der Waals surface area contributed by atoms with E-state index in [9.17, 15) is 9.59 Å². The van der Waals surface area contributed by atoms with Crippen LogP contribution in [-0.2, 0) is 0 Å². The fourth-order valence-electron chi connectivity index (χ4n) is 2.87. The standard InChI is InChI=1S/C23H26O4Si/c1-23(2,3)28(5,6)27-17-12-15(11-16(14-17)26-4)13-20-21(24)18-9-7-8-10-19(18)22(20)25/h7-14H,1-6H3. The van der Waals surface area contributed by atoms with E-state index in [2.05, 4.69) is 33.9 Å². The predicted molar refractivity (Wildman–Crippen MR) is 114 cm³/mol. The average Bonchev–Trinajstić information content (AvgIpc) is 2.85. The van der Waals surface area contributed by atoms with Crippen LogP contribution >= 0.6 is 0 Å². The van der Waals surface area contributed by atoms with Crippen LogP contribution in [-0.4, -0.2) is 27.0 Å². The van der Waals surface area contributed by atoms with Crippen LogP contribution in [0.25, 0.3) is 6.08 Å². The molecule has 0 saturated carbocycles. The van der Waals surface area contributed by atoms with Gasteiger partial charge in [0.1, 0.15) is 11.5 Å². The Morgan fingerprint density at radius 3 is 1.93 bits per heavy atom. The Bertz CT molecular complexity index is 943. The highest BCUT2D eigenvalue weighted by Crippen LogP contribution is 2.38. The third kappa shape index (κ3) is 3.67. The number of benzene rings is 2. The van der Waals surface area contributed by atoms with Gasteiger partial charge in [0.2, 0.25) is 8.32 Å². The number of hydrogen-bond acceptors (Lipinski definition) is 4. The number of ketones is 2. The highest BCUT2D eigenvalue weighted by atomic mass is 28.4. The molecule has 146 valence electrons. The van der Waals surface area contributed by atoms with Crippen LogP contribution in [0.15, 0.2) is 48.0 Å². The normalized spacial score (nSPS) is 14.1. The molecule has 0 heterocycles. The first-order valence-corrected chi connectivity index (χ1v) is 12.2. The molecule has 2 aromatic carbocycles. The van der Waals surface area contributed by atoms with Crippen molar-refractivity contribution in [2.75, 3.05) is 7.11 Å². The molecule has 0 atom stereocenters. The van der Waals surface area contributed by atoms with E-state index in [0.717, 1.165) is 0 Å². The molecule has 0 amide bonds. The van der Waals surface area contributed by atoms with E-state index >= 15 is 0 Å². The second-order valence-corrected chi connectivity index (χ2v) is 13.3. The predicted octanol–water partition coefficient (Wildman–Crippen LogP) is 5.54. The van der Waals surface area contributed by atoms with Crippen molar-refractivity contribution in [1.82, 2.24) is 0 Å². The Balaban J connectivity index is 2.01. The van der Waals surface area contributed by atoms with E-state index in [-0.39, 0.29) is 22.2 Å².